The van der Waals surface area contributed by atoms with E-state index in [1.54, 1.807) is 16.9 Å². The summed E-state index contributed by atoms with van der Waals surface area (Å²) in [5.41, 5.74) is 7.06. The molecule has 2 aliphatic rings. The fourth-order valence-corrected chi connectivity index (χ4v) is 5.75. The molecule has 3 atom stereocenters. The first-order chi connectivity index (χ1) is 20.1. The topological polar surface area (TPSA) is 85.1 Å². The van der Waals surface area contributed by atoms with Crippen LogP contribution < -0.4 is 4.90 Å². The van der Waals surface area contributed by atoms with Crippen LogP contribution in [0.4, 0.5) is 17.1 Å². The second-order valence-electron chi connectivity index (χ2n) is 9.90. The highest BCUT2D eigenvalue weighted by molar-refractivity contribution is 5.61. The van der Waals surface area contributed by atoms with E-state index >= 15 is 0 Å². The summed E-state index contributed by atoms with van der Waals surface area (Å²) in [5.74, 6) is 0. The van der Waals surface area contributed by atoms with E-state index in [9.17, 15) is 10.1 Å². The van der Waals surface area contributed by atoms with Gasteiger partial charge in [-0.2, -0.15) is 10.5 Å². The summed E-state index contributed by atoms with van der Waals surface area (Å²) in [6.07, 6.45) is -0.677. The Hall–Kier alpha value is -5.34. The highest BCUT2D eigenvalue weighted by Gasteiger charge is 2.69. The predicted octanol–water partition coefficient (Wildman–Crippen LogP) is 7.93. The van der Waals surface area contributed by atoms with Gasteiger partial charge in [0.05, 0.1) is 4.92 Å². The Balaban J connectivity index is 1.54. The number of azo groups is 1. The number of nitrogens with zero attached hydrogens (tertiary/aromatic N) is 5. The summed E-state index contributed by atoms with van der Waals surface area (Å²) in [6, 6.07) is 46.2. The quantitative estimate of drug-likeness (QED) is 0.125. The third kappa shape index (κ3) is 3.80. The van der Waals surface area contributed by atoms with Crippen molar-refractivity contribution >= 4 is 17.1 Å². The number of benzene rings is 5. The first-order valence-corrected chi connectivity index (χ1v) is 13.3. The smallest absolute Gasteiger partial charge is 0.269 e. The molecule has 0 bridgehead atoms. The van der Waals surface area contributed by atoms with Gasteiger partial charge in [0.15, 0.2) is 17.6 Å². The molecule has 0 saturated carbocycles. The Labute approximate surface area is 236 Å². The molecule has 0 aromatic heterocycles. The summed E-state index contributed by atoms with van der Waals surface area (Å²) in [5, 5.41) is 16.7. The van der Waals surface area contributed by atoms with Crippen LogP contribution in [0.2, 0.25) is 0 Å². The first kappa shape index (κ1) is 24.7. The van der Waals surface area contributed by atoms with Gasteiger partial charge in [-0.1, -0.05) is 97.1 Å². The molecule has 8 heteroatoms. The van der Waals surface area contributed by atoms with Crippen LogP contribution >= 0.6 is 0 Å². The van der Waals surface area contributed by atoms with Gasteiger partial charge in [0, 0.05) is 35.5 Å². The van der Waals surface area contributed by atoms with Gasteiger partial charge in [-0.15, -0.1) is 4.81 Å². The van der Waals surface area contributed by atoms with E-state index in [1.165, 1.54) is 12.1 Å². The van der Waals surface area contributed by atoms with E-state index in [4.69, 9.17) is 15.3 Å². The Morgan fingerprint density at radius 3 is 1.85 bits per heavy atom. The van der Waals surface area contributed by atoms with Crippen molar-refractivity contribution in [3.8, 4) is 0 Å². The zero-order valence-electron chi connectivity index (χ0n) is 21.9. The van der Waals surface area contributed by atoms with E-state index < -0.39 is 22.5 Å². The lowest BCUT2D eigenvalue weighted by molar-refractivity contribution is -0.462. The standard InChI is InChI=1S/C33H25N5O3/c39-38(40)30-23-21-25(22-24-30)31-36(28-17-9-3-10-18-28)32(26-13-5-1-6-14-26)33(41-31,27-15-7-2-8-16-27)35-37(34-32)29-19-11-4-12-20-29/h1-24,31H/t31-,32-,33+/m0/s1. The van der Waals surface area contributed by atoms with Gasteiger partial charge < -0.3 is 9.64 Å². The molecule has 8 nitrogen and oxygen atoms in total. The molecule has 41 heavy (non-hydrogen) atoms. The van der Waals surface area contributed by atoms with Crippen LogP contribution in [-0.4, -0.2) is 9.73 Å². The lowest BCUT2D eigenvalue weighted by Crippen LogP contribution is -2.50. The largest absolute Gasteiger partial charge is 0.335 e. The number of fused-ring (bicyclic) bond motifs is 1. The Bertz CT molecular complexity index is 1720. The number of ether oxygens (including phenoxy) is 1. The van der Waals surface area contributed by atoms with Crippen molar-refractivity contribution in [1.29, 1.82) is 0 Å². The third-order valence-electron chi connectivity index (χ3n) is 7.56. The van der Waals surface area contributed by atoms with Crippen molar-refractivity contribution in [3.63, 3.8) is 0 Å². The van der Waals surface area contributed by atoms with E-state index in [0.717, 1.165) is 28.1 Å². The van der Waals surface area contributed by atoms with Crippen LogP contribution in [-0.2, 0) is 16.1 Å². The molecule has 0 unspecified atom stereocenters. The van der Waals surface area contributed by atoms with Crippen molar-refractivity contribution in [2.75, 3.05) is 4.90 Å². The number of nitro groups is 1. The Kier molecular flexibility index (Phi) is 5.83. The number of rotatable bonds is 6. The molecule has 5 aromatic rings. The molecule has 2 aliphatic heterocycles. The minimum absolute atomic E-state index is 0.0124. The highest BCUT2D eigenvalue weighted by atomic mass is 16.6. The maximum absolute atomic E-state index is 11.5. The van der Waals surface area contributed by atoms with Crippen LogP contribution in [0, 0.1) is 10.1 Å². The first-order valence-electron chi connectivity index (χ1n) is 13.3. The predicted molar refractivity (Wildman–Crippen MR) is 154 cm³/mol. The number of nitro benzene ring substituents is 1. The van der Waals surface area contributed by atoms with Gasteiger partial charge in [-0.3, -0.25) is 10.1 Å². The molecule has 5 aromatic carbocycles. The zero-order chi connectivity index (χ0) is 27.9. The van der Waals surface area contributed by atoms with Crippen LogP contribution in [0.3, 0.4) is 0 Å². The van der Waals surface area contributed by atoms with E-state index in [1.807, 2.05) is 121 Å². The molecule has 1 fully saturated rings. The maximum Gasteiger partial charge on any atom is 0.269 e. The van der Waals surface area contributed by atoms with Gasteiger partial charge in [0.25, 0.3) is 5.69 Å². The van der Waals surface area contributed by atoms with Gasteiger partial charge in [-0.05, 0) is 35.4 Å². The molecule has 0 N–H and O–H groups in total. The van der Waals surface area contributed by atoms with Crippen LogP contribution in [0.5, 0.6) is 0 Å². The van der Waals surface area contributed by atoms with Gasteiger partial charge in [-0.25, -0.2) is 0 Å². The lowest BCUT2D eigenvalue weighted by atomic mass is 9.83. The van der Waals surface area contributed by atoms with Gasteiger partial charge in [0.1, 0.15) is 0 Å². The lowest BCUT2D eigenvalue weighted by Gasteiger charge is -2.44. The monoisotopic (exact) mass is 539 g/mol. The molecule has 0 aliphatic carbocycles. The number of para-hydroxylation sites is 2. The number of hydrogen-bond acceptors (Lipinski definition) is 5. The van der Waals surface area contributed by atoms with E-state index in [-0.39, 0.29) is 5.69 Å². The minimum Gasteiger partial charge on any atom is -0.335 e. The molecule has 200 valence electrons. The van der Waals surface area contributed by atoms with Crippen LogP contribution in [0.1, 0.15) is 22.9 Å². The third-order valence-corrected chi connectivity index (χ3v) is 7.56. The molecule has 0 radical (unpaired) electrons. The average Bonchev–Trinajstić information content (AvgIpc) is 3.53. The second-order valence-corrected chi connectivity index (χ2v) is 9.90. The average molecular weight is 540 g/mol. The number of non-ortho nitro benzene ring substituents is 1. The second kappa shape index (κ2) is 9.69. The summed E-state index contributed by atoms with van der Waals surface area (Å²) < 4.78 is 7.18. The molecular formula is C33H25N5O3. The Morgan fingerprint density at radius 2 is 1.27 bits per heavy atom. The van der Waals surface area contributed by atoms with Gasteiger partial charge >= 0.3 is 0 Å². The summed E-state index contributed by atoms with van der Waals surface area (Å²) in [7, 11) is 0. The fourth-order valence-electron chi connectivity index (χ4n) is 5.75. The molecule has 7 rings (SSSR count). The summed E-state index contributed by atoms with van der Waals surface area (Å²) in [4.78, 5) is 14.9. The molecule has 1 saturated heterocycles. The number of hydrogen-bond donors (Lipinski definition) is 0. The van der Waals surface area contributed by atoms with Crippen molar-refractivity contribution in [2.24, 2.45) is 5.11 Å². The molecule has 0 spiro atoms. The van der Waals surface area contributed by atoms with Crippen molar-refractivity contribution in [3.05, 3.63) is 178 Å². The molecule has 2 heterocycles. The van der Waals surface area contributed by atoms with Crippen molar-refractivity contribution < 1.29 is 14.5 Å². The minimum atomic E-state index is -1.31. The highest BCUT2D eigenvalue weighted by Crippen LogP contribution is 2.66. The molecular weight excluding hydrogens is 514 g/mol. The van der Waals surface area contributed by atoms with Gasteiger partial charge in [0.2, 0.25) is 5.69 Å². The molecule has 0 amide bonds. The summed E-state index contributed by atoms with van der Waals surface area (Å²) >= 11 is 0. The Morgan fingerprint density at radius 1 is 0.732 bits per heavy atom. The van der Waals surface area contributed by atoms with E-state index in [2.05, 4.69) is 4.90 Å². The number of anilines is 1. The SMILES string of the molecule is O=[N+]([O-])c1ccc([C@@H]2O[C@@]3(c4ccccc4)N=[N+](c4ccccc4)[N-][C@@]3(c3ccccc3)N2c2ccccc2)cc1. The fraction of sp³-hybridized carbons (Fsp3) is 0.0909. The zero-order valence-corrected chi connectivity index (χ0v) is 21.9. The van der Waals surface area contributed by atoms with Crippen LogP contribution in [0.25, 0.3) is 5.43 Å². The maximum atomic E-state index is 11.5. The van der Waals surface area contributed by atoms with Crippen LogP contribution in [0.15, 0.2) is 151 Å². The summed E-state index contributed by atoms with van der Waals surface area (Å²) in [6.45, 7) is 0. The normalized spacial score (nSPS) is 23.0. The van der Waals surface area contributed by atoms with Crippen molar-refractivity contribution in [1.82, 2.24) is 0 Å². The van der Waals surface area contributed by atoms with Crippen molar-refractivity contribution in [2.45, 2.75) is 17.6 Å². The van der Waals surface area contributed by atoms with E-state index in [0.29, 0.717) is 0 Å².